The van der Waals surface area contributed by atoms with E-state index in [-0.39, 0.29) is 12.8 Å². The summed E-state index contributed by atoms with van der Waals surface area (Å²) in [5, 5.41) is 17.9. The van der Waals surface area contributed by atoms with E-state index in [9.17, 15) is 9.59 Å². The molecule has 1 heterocycles. The summed E-state index contributed by atoms with van der Waals surface area (Å²) in [5.41, 5.74) is 0. The number of carboxylic acid groups (broad SMARTS) is 1. The summed E-state index contributed by atoms with van der Waals surface area (Å²) in [6.45, 7) is 0. The molecular formula is C5H6N4O4. The van der Waals surface area contributed by atoms with Gasteiger partial charge in [0, 0.05) is 0 Å². The van der Waals surface area contributed by atoms with Crippen LogP contribution in [0.1, 0.15) is 12.8 Å². The molecule has 0 spiro atoms. The number of rotatable bonds is 4. The predicted molar refractivity (Wildman–Crippen MR) is 36.3 cm³/mol. The van der Waals surface area contributed by atoms with Gasteiger partial charge in [-0.15, -0.1) is 5.10 Å². The summed E-state index contributed by atoms with van der Waals surface area (Å²) in [4.78, 5) is 26.1. The Labute approximate surface area is 72.1 Å². The van der Waals surface area contributed by atoms with Crippen molar-refractivity contribution < 1.29 is 19.5 Å². The van der Waals surface area contributed by atoms with E-state index < -0.39 is 11.9 Å². The van der Waals surface area contributed by atoms with Crippen LogP contribution in [0.3, 0.4) is 0 Å². The number of tetrazole rings is 1. The number of hydrogen-bond acceptors (Lipinski definition) is 6. The Hall–Kier alpha value is -1.99. The van der Waals surface area contributed by atoms with Gasteiger partial charge in [0.15, 0.2) is 6.33 Å². The first-order valence-electron chi connectivity index (χ1n) is 3.34. The lowest BCUT2D eigenvalue weighted by Crippen LogP contribution is -2.20. The molecule has 1 aromatic heterocycles. The summed E-state index contributed by atoms with van der Waals surface area (Å²) in [7, 11) is 0. The van der Waals surface area contributed by atoms with E-state index in [0.29, 0.717) is 0 Å². The number of hydrogen-bond donors (Lipinski definition) is 1. The average molecular weight is 186 g/mol. The molecule has 0 aliphatic rings. The van der Waals surface area contributed by atoms with Crippen LogP contribution < -0.4 is 4.84 Å². The first-order valence-corrected chi connectivity index (χ1v) is 3.34. The Bertz CT molecular complexity index is 295. The summed E-state index contributed by atoms with van der Waals surface area (Å²) in [6.07, 6.45) is 0.592. The smallest absolute Gasteiger partial charge is 0.335 e. The number of aromatic nitrogens is 4. The molecule has 0 fully saturated rings. The highest BCUT2D eigenvalue weighted by atomic mass is 16.7. The van der Waals surface area contributed by atoms with Gasteiger partial charge in [-0.3, -0.25) is 4.79 Å². The molecule has 0 bridgehead atoms. The quantitative estimate of drug-likeness (QED) is 0.569. The minimum Gasteiger partial charge on any atom is -0.481 e. The largest absolute Gasteiger partial charge is 0.481 e. The van der Waals surface area contributed by atoms with Crippen LogP contribution in [0, 0.1) is 0 Å². The standard InChI is InChI=1S/C5H6N4O4/c10-4(11)1-2-5(12)13-9-3-6-7-8-9/h3H,1-2H2,(H,10,11). The van der Waals surface area contributed by atoms with E-state index in [1.807, 2.05) is 0 Å². The minimum atomic E-state index is -1.06. The molecule has 1 rings (SSSR count). The van der Waals surface area contributed by atoms with Crippen LogP contribution in [0.2, 0.25) is 0 Å². The van der Waals surface area contributed by atoms with Crippen LogP contribution in [-0.4, -0.2) is 37.4 Å². The third-order valence-corrected chi connectivity index (χ3v) is 1.07. The van der Waals surface area contributed by atoms with Crippen molar-refractivity contribution in [2.24, 2.45) is 0 Å². The highest BCUT2D eigenvalue weighted by Crippen LogP contribution is 1.89. The second kappa shape index (κ2) is 4.14. The van der Waals surface area contributed by atoms with Gasteiger partial charge in [-0.1, -0.05) is 4.85 Å². The highest BCUT2D eigenvalue weighted by molar-refractivity contribution is 5.76. The van der Waals surface area contributed by atoms with Crippen molar-refractivity contribution in [1.29, 1.82) is 0 Å². The first kappa shape index (κ1) is 9.10. The molecule has 70 valence electrons. The molecule has 0 saturated carbocycles. The Kier molecular flexibility index (Phi) is 2.90. The maximum atomic E-state index is 10.8. The van der Waals surface area contributed by atoms with Gasteiger partial charge in [0.1, 0.15) is 0 Å². The molecule has 0 aromatic carbocycles. The van der Waals surface area contributed by atoms with Gasteiger partial charge in [-0.25, -0.2) is 4.79 Å². The van der Waals surface area contributed by atoms with Crippen molar-refractivity contribution in [3.8, 4) is 0 Å². The van der Waals surface area contributed by atoms with Crippen molar-refractivity contribution >= 4 is 11.9 Å². The predicted octanol–water partition coefficient (Wildman–Crippen LogP) is -1.51. The van der Waals surface area contributed by atoms with Gasteiger partial charge in [-0.2, -0.15) is 0 Å². The molecule has 0 amide bonds. The van der Waals surface area contributed by atoms with E-state index >= 15 is 0 Å². The van der Waals surface area contributed by atoms with Gasteiger partial charge in [0.2, 0.25) is 0 Å². The average Bonchev–Trinajstić information content (AvgIpc) is 2.53. The Morgan fingerprint density at radius 1 is 1.46 bits per heavy atom. The molecule has 1 N–H and O–H groups in total. The molecule has 0 unspecified atom stereocenters. The van der Waals surface area contributed by atoms with Gasteiger partial charge in [0.25, 0.3) is 0 Å². The van der Waals surface area contributed by atoms with E-state index in [1.54, 1.807) is 0 Å². The zero-order valence-electron chi connectivity index (χ0n) is 6.45. The maximum absolute atomic E-state index is 10.8. The topological polar surface area (TPSA) is 107 Å². The van der Waals surface area contributed by atoms with Crippen molar-refractivity contribution in [3.05, 3.63) is 6.33 Å². The molecule has 0 radical (unpaired) electrons. The number of aliphatic carboxylic acids is 1. The van der Waals surface area contributed by atoms with E-state index in [4.69, 9.17) is 5.11 Å². The maximum Gasteiger partial charge on any atom is 0.335 e. The fourth-order valence-electron chi connectivity index (χ4n) is 0.554. The Morgan fingerprint density at radius 3 is 2.77 bits per heavy atom. The molecular weight excluding hydrogens is 180 g/mol. The van der Waals surface area contributed by atoms with Crippen molar-refractivity contribution in [2.75, 3.05) is 0 Å². The summed E-state index contributed by atoms with van der Waals surface area (Å²) >= 11 is 0. The van der Waals surface area contributed by atoms with Crippen molar-refractivity contribution in [1.82, 2.24) is 20.4 Å². The number of carbonyl (C=O) groups is 2. The molecule has 13 heavy (non-hydrogen) atoms. The summed E-state index contributed by atoms with van der Waals surface area (Å²) < 4.78 is 0. The van der Waals surface area contributed by atoms with Crippen LogP contribution in [0.25, 0.3) is 0 Å². The first-order chi connectivity index (χ1) is 6.18. The second-order valence-electron chi connectivity index (χ2n) is 2.07. The van der Waals surface area contributed by atoms with Gasteiger partial charge >= 0.3 is 11.9 Å². The molecule has 8 heteroatoms. The van der Waals surface area contributed by atoms with Crippen LogP contribution in [-0.2, 0) is 9.59 Å². The normalized spacial score (nSPS) is 9.54. The van der Waals surface area contributed by atoms with Gasteiger partial charge in [0.05, 0.1) is 12.8 Å². The highest BCUT2D eigenvalue weighted by Gasteiger charge is 2.08. The number of nitrogens with zero attached hydrogens (tertiary/aromatic N) is 4. The van der Waals surface area contributed by atoms with Crippen molar-refractivity contribution in [2.45, 2.75) is 12.8 Å². The van der Waals surface area contributed by atoms with Gasteiger partial charge < -0.3 is 9.94 Å². The zero-order chi connectivity index (χ0) is 9.68. The molecule has 8 nitrogen and oxygen atoms in total. The monoisotopic (exact) mass is 186 g/mol. The Balaban J connectivity index is 2.30. The molecule has 1 aromatic rings. The van der Waals surface area contributed by atoms with Crippen LogP contribution >= 0.6 is 0 Å². The second-order valence-corrected chi connectivity index (χ2v) is 2.07. The third-order valence-electron chi connectivity index (χ3n) is 1.07. The fourth-order valence-corrected chi connectivity index (χ4v) is 0.554. The van der Waals surface area contributed by atoms with Crippen LogP contribution in [0.5, 0.6) is 0 Å². The minimum absolute atomic E-state index is 0.213. The van der Waals surface area contributed by atoms with E-state index in [1.165, 1.54) is 0 Å². The summed E-state index contributed by atoms with van der Waals surface area (Å²) in [5.74, 6) is -1.76. The molecule has 0 atom stereocenters. The van der Waals surface area contributed by atoms with Crippen LogP contribution in [0.4, 0.5) is 0 Å². The molecule has 0 aliphatic carbocycles. The molecule has 0 saturated heterocycles. The number of carboxylic acids is 1. The summed E-state index contributed by atoms with van der Waals surface area (Å²) in [6, 6.07) is 0. The lowest BCUT2D eigenvalue weighted by molar-refractivity contribution is -0.149. The van der Waals surface area contributed by atoms with Gasteiger partial charge in [-0.05, 0) is 10.4 Å². The third kappa shape index (κ3) is 3.27. The zero-order valence-corrected chi connectivity index (χ0v) is 6.45. The van der Waals surface area contributed by atoms with Crippen LogP contribution in [0.15, 0.2) is 6.33 Å². The van der Waals surface area contributed by atoms with E-state index in [2.05, 4.69) is 20.4 Å². The number of carbonyl (C=O) groups excluding carboxylic acids is 1. The molecule has 0 aliphatic heterocycles. The SMILES string of the molecule is O=C(O)CCC(=O)On1cnnn1. The lowest BCUT2D eigenvalue weighted by atomic mass is 10.3. The van der Waals surface area contributed by atoms with Crippen molar-refractivity contribution in [3.63, 3.8) is 0 Å². The fraction of sp³-hybridized carbons (Fsp3) is 0.400. The lowest BCUT2D eigenvalue weighted by Gasteiger charge is -1.98. The van der Waals surface area contributed by atoms with E-state index in [0.717, 1.165) is 11.2 Å². The Morgan fingerprint density at radius 2 is 2.23 bits per heavy atom.